The first-order valence-electron chi connectivity index (χ1n) is 5.68. The van der Waals surface area contributed by atoms with E-state index in [0.717, 1.165) is 11.1 Å². The lowest BCUT2D eigenvalue weighted by molar-refractivity contribution is -0.125. The zero-order chi connectivity index (χ0) is 13.4. The number of nitrogen functional groups attached to an aromatic ring is 1. The van der Waals surface area contributed by atoms with Gasteiger partial charge < -0.3 is 10.6 Å². The SMILES string of the molecule is Cc1cnc(CN2C(=O)CN(C)C2=O)c(C)c1N. The molecule has 2 N–H and O–H groups in total. The van der Waals surface area contributed by atoms with Gasteiger partial charge in [0, 0.05) is 18.9 Å². The normalized spacial score (nSPS) is 15.7. The van der Waals surface area contributed by atoms with Gasteiger partial charge in [-0.05, 0) is 25.0 Å². The minimum atomic E-state index is -0.291. The van der Waals surface area contributed by atoms with Crippen LogP contribution in [0.2, 0.25) is 0 Å². The van der Waals surface area contributed by atoms with E-state index < -0.39 is 0 Å². The molecule has 0 atom stereocenters. The molecule has 6 nitrogen and oxygen atoms in total. The summed E-state index contributed by atoms with van der Waals surface area (Å²) in [6.45, 7) is 4.02. The van der Waals surface area contributed by atoms with E-state index in [2.05, 4.69) is 4.98 Å². The number of imide groups is 1. The van der Waals surface area contributed by atoms with Crippen molar-refractivity contribution in [2.75, 3.05) is 19.3 Å². The van der Waals surface area contributed by atoms with E-state index in [1.165, 1.54) is 9.80 Å². The average molecular weight is 248 g/mol. The van der Waals surface area contributed by atoms with Crippen LogP contribution in [0.15, 0.2) is 6.20 Å². The number of hydrogen-bond acceptors (Lipinski definition) is 4. The maximum absolute atomic E-state index is 11.8. The number of hydrogen-bond donors (Lipinski definition) is 1. The second-order valence-corrected chi connectivity index (χ2v) is 4.55. The van der Waals surface area contributed by atoms with Gasteiger partial charge in [0.25, 0.3) is 5.91 Å². The number of nitrogens with zero attached hydrogens (tertiary/aromatic N) is 3. The number of anilines is 1. The van der Waals surface area contributed by atoms with E-state index in [4.69, 9.17) is 5.73 Å². The van der Waals surface area contributed by atoms with Crippen LogP contribution < -0.4 is 5.73 Å². The summed E-state index contributed by atoms with van der Waals surface area (Å²) in [5.41, 5.74) is 8.96. The zero-order valence-electron chi connectivity index (χ0n) is 10.7. The second-order valence-electron chi connectivity index (χ2n) is 4.55. The van der Waals surface area contributed by atoms with Crippen LogP contribution in [0.4, 0.5) is 10.5 Å². The summed E-state index contributed by atoms with van der Waals surface area (Å²) in [5.74, 6) is -0.206. The van der Waals surface area contributed by atoms with Gasteiger partial charge in [-0.3, -0.25) is 14.7 Å². The molecule has 0 bridgehead atoms. The van der Waals surface area contributed by atoms with Gasteiger partial charge in [0.05, 0.1) is 12.2 Å². The van der Waals surface area contributed by atoms with Gasteiger partial charge >= 0.3 is 6.03 Å². The number of amides is 3. The molecule has 18 heavy (non-hydrogen) atoms. The van der Waals surface area contributed by atoms with Crippen LogP contribution in [0.5, 0.6) is 0 Å². The molecule has 1 aliphatic heterocycles. The van der Waals surface area contributed by atoms with Crippen LogP contribution in [0.3, 0.4) is 0 Å². The number of pyridine rings is 1. The van der Waals surface area contributed by atoms with Crippen molar-refractivity contribution in [3.05, 3.63) is 23.0 Å². The summed E-state index contributed by atoms with van der Waals surface area (Å²) in [6.07, 6.45) is 1.66. The fourth-order valence-corrected chi connectivity index (χ4v) is 1.93. The molecule has 0 radical (unpaired) electrons. The van der Waals surface area contributed by atoms with Crippen LogP contribution >= 0.6 is 0 Å². The Bertz CT molecular complexity index is 527. The minimum absolute atomic E-state index is 0.124. The van der Waals surface area contributed by atoms with Crippen molar-refractivity contribution in [2.45, 2.75) is 20.4 Å². The summed E-state index contributed by atoms with van der Waals surface area (Å²) in [6, 6.07) is -0.291. The van der Waals surface area contributed by atoms with E-state index in [9.17, 15) is 9.59 Å². The Hall–Kier alpha value is -2.11. The van der Waals surface area contributed by atoms with Gasteiger partial charge in [-0.25, -0.2) is 4.79 Å². The highest BCUT2D eigenvalue weighted by molar-refractivity contribution is 6.01. The van der Waals surface area contributed by atoms with Gasteiger partial charge in [-0.15, -0.1) is 0 Å². The van der Waals surface area contributed by atoms with Gasteiger partial charge in [-0.2, -0.15) is 0 Å². The van der Waals surface area contributed by atoms with Gasteiger partial charge in [-0.1, -0.05) is 0 Å². The summed E-state index contributed by atoms with van der Waals surface area (Å²) in [7, 11) is 1.60. The lowest BCUT2D eigenvalue weighted by Crippen LogP contribution is -2.31. The van der Waals surface area contributed by atoms with Gasteiger partial charge in [0.15, 0.2) is 0 Å². The maximum Gasteiger partial charge on any atom is 0.327 e. The molecule has 2 heterocycles. The number of likely N-dealkylation sites (N-methyl/N-ethyl adjacent to an activating group) is 1. The molecule has 3 amide bonds. The minimum Gasteiger partial charge on any atom is -0.398 e. The monoisotopic (exact) mass is 248 g/mol. The Morgan fingerprint density at radius 2 is 2.06 bits per heavy atom. The van der Waals surface area contributed by atoms with E-state index >= 15 is 0 Å². The number of aromatic nitrogens is 1. The molecule has 0 spiro atoms. The Labute approximate surface area is 105 Å². The van der Waals surface area contributed by atoms with Gasteiger partial charge in [0.2, 0.25) is 0 Å². The lowest BCUT2D eigenvalue weighted by Gasteiger charge is -2.16. The largest absolute Gasteiger partial charge is 0.398 e. The molecule has 0 aliphatic carbocycles. The quantitative estimate of drug-likeness (QED) is 0.780. The molecule has 1 saturated heterocycles. The Morgan fingerprint density at radius 1 is 1.39 bits per heavy atom. The smallest absolute Gasteiger partial charge is 0.327 e. The highest BCUT2D eigenvalue weighted by Gasteiger charge is 2.34. The Kier molecular flexibility index (Phi) is 2.94. The van der Waals surface area contributed by atoms with E-state index in [-0.39, 0.29) is 25.0 Å². The number of carbonyl (C=O) groups is 2. The molecule has 1 fully saturated rings. The van der Waals surface area contributed by atoms with Crippen LogP contribution in [-0.2, 0) is 11.3 Å². The molecule has 0 saturated carbocycles. The third-order valence-corrected chi connectivity index (χ3v) is 3.21. The number of rotatable bonds is 2. The van der Waals surface area contributed by atoms with Crippen LogP contribution in [0.25, 0.3) is 0 Å². The Balaban J connectivity index is 2.28. The first kappa shape index (κ1) is 12.3. The first-order chi connectivity index (χ1) is 8.41. The molecule has 1 aromatic rings. The predicted molar refractivity (Wildman–Crippen MR) is 66.7 cm³/mol. The second kappa shape index (κ2) is 4.29. The predicted octanol–water partition coefficient (Wildman–Crippen LogP) is 0.675. The lowest BCUT2D eigenvalue weighted by atomic mass is 10.1. The van der Waals surface area contributed by atoms with Crippen molar-refractivity contribution >= 4 is 17.6 Å². The van der Waals surface area contributed by atoms with Crippen molar-refractivity contribution in [2.24, 2.45) is 0 Å². The molecule has 96 valence electrons. The van der Waals surface area contributed by atoms with Crippen LogP contribution in [-0.4, -0.2) is 40.3 Å². The van der Waals surface area contributed by atoms with Crippen molar-refractivity contribution in [3.63, 3.8) is 0 Å². The number of urea groups is 1. The summed E-state index contributed by atoms with van der Waals surface area (Å²) in [4.78, 5) is 30.3. The van der Waals surface area contributed by atoms with Crippen LogP contribution in [0.1, 0.15) is 16.8 Å². The van der Waals surface area contributed by atoms with Gasteiger partial charge in [0.1, 0.15) is 6.54 Å². The van der Waals surface area contributed by atoms with E-state index in [1.807, 2.05) is 13.8 Å². The number of nitrogens with two attached hydrogens (primary N) is 1. The molecule has 1 aliphatic rings. The molecule has 1 aromatic heterocycles. The zero-order valence-corrected chi connectivity index (χ0v) is 10.7. The third kappa shape index (κ3) is 1.90. The third-order valence-electron chi connectivity index (χ3n) is 3.21. The topological polar surface area (TPSA) is 79.5 Å². The first-order valence-corrected chi connectivity index (χ1v) is 5.68. The molecule has 0 unspecified atom stereocenters. The summed E-state index contributed by atoms with van der Waals surface area (Å²) < 4.78 is 0. The van der Waals surface area contributed by atoms with Crippen molar-refractivity contribution in [1.29, 1.82) is 0 Å². The van der Waals surface area contributed by atoms with Crippen molar-refractivity contribution in [3.8, 4) is 0 Å². The molecule has 2 rings (SSSR count). The van der Waals surface area contributed by atoms with Crippen LogP contribution in [0, 0.1) is 13.8 Å². The fourth-order valence-electron chi connectivity index (χ4n) is 1.93. The number of aryl methyl sites for hydroxylation is 1. The van der Waals surface area contributed by atoms with E-state index in [1.54, 1.807) is 13.2 Å². The highest BCUT2D eigenvalue weighted by atomic mass is 16.2. The molecular weight excluding hydrogens is 232 g/mol. The fraction of sp³-hybridized carbons (Fsp3) is 0.417. The molecule has 6 heteroatoms. The molecule has 0 aromatic carbocycles. The average Bonchev–Trinajstić information content (AvgIpc) is 2.56. The molecular formula is C12H16N4O2. The maximum atomic E-state index is 11.8. The standard InChI is InChI=1S/C12H16N4O2/c1-7-4-14-9(8(2)11(7)13)5-16-10(17)6-15(3)12(16)18/h4H,5-6H2,1-3H3,(H2,13,14). The highest BCUT2D eigenvalue weighted by Crippen LogP contribution is 2.20. The summed E-state index contributed by atoms with van der Waals surface area (Å²) >= 11 is 0. The van der Waals surface area contributed by atoms with E-state index in [0.29, 0.717) is 11.4 Å². The van der Waals surface area contributed by atoms with Crippen molar-refractivity contribution in [1.82, 2.24) is 14.8 Å². The number of carbonyl (C=O) groups excluding carboxylic acids is 2. The Morgan fingerprint density at radius 3 is 2.61 bits per heavy atom. The van der Waals surface area contributed by atoms with Crippen molar-refractivity contribution < 1.29 is 9.59 Å². The summed E-state index contributed by atoms with van der Waals surface area (Å²) in [5, 5.41) is 0.